The van der Waals surface area contributed by atoms with E-state index in [4.69, 9.17) is 0 Å². The molecule has 112 valence electrons. The lowest BCUT2D eigenvalue weighted by atomic mass is 10.1. The molecule has 0 aliphatic heterocycles. The van der Waals surface area contributed by atoms with Gasteiger partial charge in [0.25, 0.3) is 0 Å². The second kappa shape index (κ2) is 7.05. The summed E-state index contributed by atoms with van der Waals surface area (Å²) in [7, 11) is 2.17. The van der Waals surface area contributed by atoms with E-state index in [0.717, 1.165) is 25.7 Å². The first-order valence-electron chi connectivity index (χ1n) is 7.42. The van der Waals surface area contributed by atoms with E-state index in [1.807, 2.05) is 0 Å². The minimum atomic E-state index is 0.778. The third kappa shape index (κ3) is 4.92. The second-order valence-electron chi connectivity index (χ2n) is 5.90. The number of nitrogens with zero attached hydrogens (tertiary/aromatic N) is 1. The third-order valence-corrected chi connectivity index (χ3v) is 5.28. The van der Waals surface area contributed by atoms with Crippen LogP contribution in [0.2, 0.25) is 0 Å². The smallest absolute Gasteiger partial charge is 0.0701 e. The summed E-state index contributed by atoms with van der Waals surface area (Å²) in [6.45, 7) is 2.99. The maximum absolute atomic E-state index is 3.55. The summed E-state index contributed by atoms with van der Waals surface area (Å²) in [4.78, 5) is 2.35. The Bertz CT molecular complexity index is 575. The van der Waals surface area contributed by atoms with E-state index in [1.165, 1.54) is 33.3 Å². The van der Waals surface area contributed by atoms with Gasteiger partial charge in [-0.3, -0.25) is 4.90 Å². The minimum absolute atomic E-state index is 0.778. The van der Waals surface area contributed by atoms with Gasteiger partial charge < -0.3 is 5.32 Å². The van der Waals surface area contributed by atoms with E-state index in [1.54, 1.807) is 11.3 Å². The van der Waals surface area contributed by atoms with E-state index in [-0.39, 0.29) is 0 Å². The second-order valence-corrected chi connectivity index (χ2v) is 8.19. The number of hydrogen-bond acceptors (Lipinski definition) is 3. The molecule has 3 rings (SSSR count). The molecular formula is C17H21BrN2S. The Labute approximate surface area is 139 Å². The number of thiophene rings is 1. The number of rotatable bonds is 7. The van der Waals surface area contributed by atoms with Gasteiger partial charge in [-0.15, -0.1) is 11.3 Å². The highest BCUT2D eigenvalue weighted by Crippen LogP contribution is 2.22. The number of benzene rings is 1. The maximum Gasteiger partial charge on any atom is 0.0701 e. The molecule has 1 aliphatic rings. The number of halogens is 1. The molecular weight excluding hydrogens is 344 g/mol. The van der Waals surface area contributed by atoms with Crippen molar-refractivity contribution in [3.05, 3.63) is 56.2 Å². The summed E-state index contributed by atoms with van der Waals surface area (Å²) in [5.41, 5.74) is 4.14. The van der Waals surface area contributed by atoms with Gasteiger partial charge in [-0.2, -0.15) is 0 Å². The highest BCUT2D eigenvalue weighted by molar-refractivity contribution is 9.11. The van der Waals surface area contributed by atoms with Gasteiger partial charge >= 0.3 is 0 Å². The van der Waals surface area contributed by atoms with Crippen molar-refractivity contribution < 1.29 is 0 Å². The van der Waals surface area contributed by atoms with E-state index >= 15 is 0 Å². The summed E-state index contributed by atoms with van der Waals surface area (Å²) >= 11 is 5.27. The first kappa shape index (κ1) is 15.2. The van der Waals surface area contributed by atoms with Crippen molar-refractivity contribution in [1.29, 1.82) is 0 Å². The van der Waals surface area contributed by atoms with Crippen LogP contribution in [-0.4, -0.2) is 18.0 Å². The molecule has 4 heteroatoms. The molecule has 21 heavy (non-hydrogen) atoms. The van der Waals surface area contributed by atoms with Crippen molar-refractivity contribution in [3.63, 3.8) is 0 Å². The van der Waals surface area contributed by atoms with Crippen molar-refractivity contribution in [2.45, 2.75) is 38.5 Å². The lowest BCUT2D eigenvalue weighted by Gasteiger charge is -2.16. The van der Waals surface area contributed by atoms with Crippen LogP contribution in [0, 0.1) is 0 Å². The van der Waals surface area contributed by atoms with E-state index in [0.29, 0.717) is 0 Å². The van der Waals surface area contributed by atoms with Gasteiger partial charge in [0.1, 0.15) is 0 Å². The molecule has 0 bridgehead atoms. The zero-order valence-corrected chi connectivity index (χ0v) is 14.7. The lowest BCUT2D eigenvalue weighted by molar-refractivity contribution is 0.319. The summed E-state index contributed by atoms with van der Waals surface area (Å²) in [6, 6.07) is 12.0. The molecule has 0 saturated heterocycles. The van der Waals surface area contributed by atoms with Gasteiger partial charge in [0.2, 0.25) is 0 Å². The Hall–Kier alpha value is -0.680. The standard InChI is InChI=1S/C17H21BrN2S/c1-20(11-15-8-17(18)21-12-15)10-14-4-2-13(3-5-14)9-19-16-6-7-16/h2-5,8,12,16,19H,6-7,9-11H2,1H3. The van der Waals surface area contributed by atoms with Gasteiger partial charge in [-0.05, 0) is 64.0 Å². The van der Waals surface area contributed by atoms with Crippen LogP contribution in [0.5, 0.6) is 0 Å². The van der Waals surface area contributed by atoms with Crippen LogP contribution in [-0.2, 0) is 19.6 Å². The van der Waals surface area contributed by atoms with Crippen LogP contribution in [0.3, 0.4) is 0 Å². The SMILES string of the molecule is CN(Cc1ccc(CNC2CC2)cc1)Cc1csc(Br)c1. The zero-order valence-electron chi connectivity index (χ0n) is 12.3. The summed E-state index contributed by atoms with van der Waals surface area (Å²) < 4.78 is 1.21. The monoisotopic (exact) mass is 364 g/mol. The van der Waals surface area contributed by atoms with Crippen molar-refractivity contribution in [3.8, 4) is 0 Å². The zero-order chi connectivity index (χ0) is 14.7. The van der Waals surface area contributed by atoms with Crippen LogP contribution >= 0.6 is 27.3 Å². The number of hydrogen-bond donors (Lipinski definition) is 1. The Morgan fingerprint density at radius 3 is 2.43 bits per heavy atom. The van der Waals surface area contributed by atoms with Crippen molar-refractivity contribution in [1.82, 2.24) is 10.2 Å². The van der Waals surface area contributed by atoms with Crippen molar-refractivity contribution >= 4 is 27.3 Å². The first-order chi connectivity index (χ1) is 10.2. The molecule has 1 saturated carbocycles. The van der Waals surface area contributed by atoms with Gasteiger partial charge in [0.05, 0.1) is 3.79 Å². The first-order valence-corrected chi connectivity index (χ1v) is 9.09. The molecule has 2 nitrogen and oxygen atoms in total. The molecule has 0 unspecified atom stereocenters. The average Bonchev–Trinajstić information content (AvgIpc) is 3.21. The van der Waals surface area contributed by atoms with Gasteiger partial charge in [0, 0.05) is 25.7 Å². The summed E-state index contributed by atoms with van der Waals surface area (Å²) in [5, 5.41) is 5.77. The maximum atomic E-state index is 3.55. The van der Waals surface area contributed by atoms with Crippen LogP contribution in [0.1, 0.15) is 29.5 Å². The van der Waals surface area contributed by atoms with Crippen LogP contribution in [0.4, 0.5) is 0 Å². The number of nitrogens with one attached hydrogen (secondary N) is 1. The molecule has 1 aliphatic carbocycles. The summed E-state index contributed by atoms with van der Waals surface area (Å²) in [5.74, 6) is 0. The highest BCUT2D eigenvalue weighted by Gasteiger charge is 2.19. The van der Waals surface area contributed by atoms with E-state index in [2.05, 4.69) is 68.9 Å². The normalized spacial score (nSPS) is 14.8. The van der Waals surface area contributed by atoms with Gasteiger partial charge in [-0.25, -0.2) is 0 Å². The fourth-order valence-electron chi connectivity index (χ4n) is 2.42. The molecule has 0 spiro atoms. The molecule has 1 N–H and O–H groups in total. The molecule has 0 radical (unpaired) electrons. The van der Waals surface area contributed by atoms with Crippen LogP contribution in [0.25, 0.3) is 0 Å². The molecule has 1 heterocycles. The molecule has 0 amide bonds. The van der Waals surface area contributed by atoms with Crippen molar-refractivity contribution in [2.24, 2.45) is 0 Å². The molecule has 2 aromatic rings. The molecule has 0 atom stereocenters. The Balaban J connectivity index is 1.49. The fraction of sp³-hybridized carbons (Fsp3) is 0.412. The Kier molecular flexibility index (Phi) is 5.11. The van der Waals surface area contributed by atoms with Gasteiger partial charge in [0.15, 0.2) is 0 Å². The van der Waals surface area contributed by atoms with Gasteiger partial charge in [-0.1, -0.05) is 24.3 Å². The topological polar surface area (TPSA) is 15.3 Å². The molecule has 1 fully saturated rings. The lowest BCUT2D eigenvalue weighted by Crippen LogP contribution is -2.17. The van der Waals surface area contributed by atoms with Crippen LogP contribution in [0.15, 0.2) is 39.5 Å². The largest absolute Gasteiger partial charge is 0.310 e. The van der Waals surface area contributed by atoms with Crippen LogP contribution < -0.4 is 5.32 Å². The Morgan fingerprint density at radius 1 is 1.14 bits per heavy atom. The Morgan fingerprint density at radius 2 is 1.81 bits per heavy atom. The van der Waals surface area contributed by atoms with E-state index in [9.17, 15) is 0 Å². The third-order valence-electron chi connectivity index (χ3n) is 3.72. The fourth-order valence-corrected chi connectivity index (χ4v) is 3.62. The van der Waals surface area contributed by atoms with Crippen molar-refractivity contribution in [2.75, 3.05) is 7.05 Å². The molecule has 1 aromatic carbocycles. The quantitative estimate of drug-likeness (QED) is 0.783. The summed E-state index contributed by atoms with van der Waals surface area (Å²) in [6.07, 6.45) is 2.70. The predicted octanol–water partition coefficient (Wildman–Crippen LogP) is 4.39. The molecule has 1 aromatic heterocycles. The minimum Gasteiger partial charge on any atom is -0.310 e. The van der Waals surface area contributed by atoms with E-state index < -0.39 is 0 Å². The predicted molar refractivity (Wildman–Crippen MR) is 93.5 cm³/mol. The average molecular weight is 365 g/mol. The highest BCUT2D eigenvalue weighted by atomic mass is 79.9.